The largest absolute Gasteiger partial charge is 0.466 e. The molecule has 1 atom stereocenters. The summed E-state index contributed by atoms with van der Waals surface area (Å²) >= 11 is 0. The van der Waals surface area contributed by atoms with Gasteiger partial charge in [0.2, 0.25) is 0 Å². The zero-order chi connectivity index (χ0) is 12.5. The molecule has 1 fully saturated rings. The van der Waals surface area contributed by atoms with Crippen molar-refractivity contribution in [1.29, 1.82) is 0 Å². The first-order valence-corrected chi connectivity index (χ1v) is 7.39. The molecule has 0 saturated heterocycles. The highest BCUT2D eigenvalue weighted by atomic mass is 16.5. The first kappa shape index (κ1) is 14.5. The molecule has 0 spiro atoms. The SMILES string of the molecule is CCCCCOC(=O)CC(C)C1CCCCC1. The molecule has 1 unspecified atom stereocenters. The van der Waals surface area contributed by atoms with Crippen LogP contribution in [0, 0.1) is 11.8 Å². The van der Waals surface area contributed by atoms with E-state index in [9.17, 15) is 4.79 Å². The van der Waals surface area contributed by atoms with Crippen LogP contribution in [0.2, 0.25) is 0 Å². The summed E-state index contributed by atoms with van der Waals surface area (Å²) in [5, 5.41) is 0. The van der Waals surface area contributed by atoms with Crippen LogP contribution >= 0.6 is 0 Å². The van der Waals surface area contributed by atoms with Crippen molar-refractivity contribution in [1.82, 2.24) is 0 Å². The van der Waals surface area contributed by atoms with Crippen molar-refractivity contribution in [3.05, 3.63) is 0 Å². The van der Waals surface area contributed by atoms with E-state index in [4.69, 9.17) is 4.74 Å². The van der Waals surface area contributed by atoms with Gasteiger partial charge >= 0.3 is 5.97 Å². The van der Waals surface area contributed by atoms with Gasteiger partial charge in [-0.1, -0.05) is 58.8 Å². The number of carbonyl (C=O) groups is 1. The number of esters is 1. The molecule has 17 heavy (non-hydrogen) atoms. The van der Waals surface area contributed by atoms with E-state index in [1.54, 1.807) is 0 Å². The predicted octanol–water partition coefficient (Wildman–Crippen LogP) is 4.33. The topological polar surface area (TPSA) is 26.3 Å². The van der Waals surface area contributed by atoms with Gasteiger partial charge in [0.25, 0.3) is 0 Å². The Morgan fingerprint density at radius 3 is 2.59 bits per heavy atom. The van der Waals surface area contributed by atoms with E-state index in [2.05, 4.69) is 13.8 Å². The minimum atomic E-state index is 0.0131. The van der Waals surface area contributed by atoms with Gasteiger partial charge in [-0.3, -0.25) is 4.79 Å². The van der Waals surface area contributed by atoms with Gasteiger partial charge in [0.15, 0.2) is 0 Å². The summed E-state index contributed by atoms with van der Waals surface area (Å²) in [6.45, 7) is 4.99. The van der Waals surface area contributed by atoms with Gasteiger partial charge in [-0.15, -0.1) is 0 Å². The Morgan fingerprint density at radius 2 is 1.94 bits per heavy atom. The molecule has 0 aromatic rings. The first-order valence-electron chi connectivity index (χ1n) is 7.39. The van der Waals surface area contributed by atoms with Gasteiger partial charge in [0.05, 0.1) is 6.61 Å². The average Bonchev–Trinajstić information content (AvgIpc) is 2.36. The van der Waals surface area contributed by atoms with Crippen molar-refractivity contribution < 1.29 is 9.53 Å². The fourth-order valence-electron chi connectivity index (χ4n) is 2.73. The van der Waals surface area contributed by atoms with E-state index in [-0.39, 0.29) is 5.97 Å². The lowest BCUT2D eigenvalue weighted by molar-refractivity contribution is -0.145. The summed E-state index contributed by atoms with van der Waals surface area (Å²) in [7, 11) is 0. The molecule has 1 aliphatic carbocycles. The van der Waals surface area contributed by atoms with Crippen LogP contribution in [0.5, 0.6) is 0 Å². The Balaban J connectivity index is 2.11. The molecule has 0 aromatic heterocycles. The van der Waals surface area contributed by atoms with Crippen molar-refractivity contribution in [2.75, 3.05) is 6.61 Å². The monoisotopic (exact) mass is 240 g/mol. The van der Waals surface area contributed by atoms with Crippen LogP contribution in [-0.2, 0) is 9.53 Å². The molecule has 1 saturated carbocycles. The molecule has 0 bridgehead atoms. The third kappa shape index (κ3) is 6.09. The predicted molar refractivity (Wildman–Crippen MR) is 70.8 cm³/mol. The zero-order valence-electron chi connectivity index (χ0n) is 11.5. The van der Waals surface area contributed by atoms with Gasteiger partial charge in [-0.2, -0.15) is 0 Å². The summed E-state index contributed by atoms with van der Waals surface area (Å²) in [4.78, 5) is 11.6. The highest BCUT2D eigenvalue weighted by Gasteiger charge is 2.22. The van der Waals surface area contributed by atoms with E-state index in [1.165, 1.54) is 38.5 Å². The second kappa shape index (κ2) is 8.54. The maximum absolute atomic E-state index is 11.6. The van der Waals surface area contributed by atoms with Crippen molar-refractivity contribution in [3.63, 3.8) is 0 Å². The zero-order valence-corrected chi connectivity index (χ0v) is 11.5. The molecule has 2 heteroatoms. The van der Waals surface area contributed by atoms with Crippen LogP contribution in [0.1, 0.15) is 71.6 Å². The van der Waals surface area contributed by atoms with Gasteiger partial charge in [-0.25, -0.2) is 0 Å². The molecular formula is C15H28O2. The van der Waals surface area contributed by atoms with Crippen molar-refractivity contribution in [2.45, 2.75) is 71.6 Å². The van der Waals surface area contributed by atoms with Gasteiger partial charge in [0, 0.05) is 6.42 Å². The summed E-state index contributed by atoms with van der Waals surface area (Å²) < 4.78 is 5.27. The summed E-state index contributed by atoms with van der Waals surface area (Å²) in [6, 6.07) is 0. The van der Waals surface area contributed by atoms with Crippen LogP contribution in [0.4, 0.5) is 0 Å². The van der Waals surface area contributed by atoms with Crippen molar-refractivity contribution in [2.24, 2.45) is 11.8 Å². The van der Waals surface area contributed by atoms with Crippen molar-refractivity contribution in [3.8, 4) is 0 Å². The Morgan fingerprint density at radius 1 is 1.24 bits per heavy atom. The van der Waals surface area contributed by atoms with Crippen LogP contribution in [0.25, 0.3) is 0 Å². The van der Waals surface area contributed by atoms with Gasteiger partial charge in [0.1, 0.15) is 0 Å². The van der Waals surface area contributed by atoms with Crippen molar-refractivity contribution >= 4 is 5.97 Å². The molecule has 0 aliphatic heterocycles. The molecule has 0 heterocycles. The normalized spacial score (nSPS) is 18.9. The smallest absolute Gasteiger partial charge is 0.306 e. The lowest BCUT2D eigenvalue weighted by Crippen LogP contribution is -2.19. The standard InChI is InChI=1S/C15H28O2/c1-3-4-8-11-17-15(16)12-13(2)14-9-6-5-7-10-14/h13-14H,3-12H2,1-2H3. The van der Waals surface area contributed by atoms with E-state index in [0.29, 0.717) is 18.9 Å². The quantitative estimate of drug-likeness (QED) is 0.489. The average molecular weight is 240 g/mol. The maximum atomic E-state index is 11.6. The minimum absolute atomic E-state index is 0.0131. The van der Waals surface area contributed by atoms with E-state index >= 15 is 0 Å². The third-order valence-electron chi connectivity index (χ3n) is 3.95. The number of hydrogen-bond donors (Lipinski definition) is 0. The number of rotatable bonds is 7. The first-order chi connectivity index (χ1) is 8.24. The second-order valence-electron chi connectivity index (χ2n) is 5.51. The highest BCUT2D eigenvalue weighted by molar-refractivity contribution is 5.69. The second-order valence-corrected chi connectivity index (χ2v) is 5.51. The summed E-state index contributed by atoms with van der Waals surface area (Å²) in [6.07, 6.45) is 10.7. The number of ether oxygens (including phenoxy) is 1. The Bertz CT molecular complexity index is 207. The Hall–Kier alpha value is -0.530. The molecule has 100 valence electrons. The Labute approximate surface area is 106 Å². The molecule has 0 radical (unpaired) electrons. The fourth-order valence-corrected chi connectivity index (χ4v) is 2.73. The summed E-state index contributed by atoms with van der Waals surface area (Å²) in [5.74, 6) is 1.28. The third-order valence-corrected chi connectivity index (χ3v) is 3.95. The van der Waals surface area contributed by atoms with Crippen LogP contribution < -0.4 is 0 Å². The Kier molecular flexibility index (Phi) is 7.30. The molecule has 0 amide bonds. The van der Waals surface area contributed by atoms with Crippen LogP contribution in [0.15, 0.2) is 0 Å². The van der Waals surface area contributed by atoms with E-state index in [1.807, 2.05) is 0 Å². The summed E-state index contributed by atoms with van der Waals surface area (Å²) in [5.41, 5.74) is 0. The number of unbranched alkanes of at least 4 members (excludes halogenated alkanes) is 2. The lowest BCUT2D eigenvalue weighted by Gasteiger charge is -2.26. The lowest BCUT2D eigenvalue weighted by atomic mass is 9.79. The molecule has 1 aliphatic rings. The van der Waals surface area contributed by atoms with Gasteiger partial charge < -0.3 is 4.74 Å². The molecular weight excluding hydrogens is 212 g/mol. The minimum Gasteiger partial charge on any atom is -0.466 e. The fraction of sp³-hybridized carbons (Fsp3) is 0.933. The molecule has 0 N–H and O–H groups in total. The molecule has 1 rings (SSSR count). The highest BCUT2D eigenvalue weighted by Crippen LogP contribution is 2.31. The molecule has 0 aromatic carbocycles. The van der Waals surface area contributed by atoms with Gasteiger partial charge in [-0.05, 0) is 18.3 Å². The number of hydrogen-bond acceptors (Lipinski definition) is 2. The van der Waals surface area contributed by atoms with E-state index in [0.717, 1.165) is 18.8 Å². The molecule has 2 nitrogen and oxygen atoms in total. The van der Waals surface area contributed by atoms with Crippen LogP contribution in [-0.4, -0.2) is 12.6 Å². The van der Waals surface area contributed by atoms with E-state index < -0.39 is 0 Å². The maximum Gasteiger partial charge on any atom is 0.306 e. The number of carbonyl (C=O) groups excluding carboxylic acids is 1. The van der Waals surface area contributed by atoms with Crippen LogP contribution in [0.3, 0.4) is 0 Å².